The van der Waals surface area contributed by atoms with Crippen molar-refractivity contribution in [1.82, 2.24) is 9.80 Å². The summed E-state index contributed by atoms with van der Waals surface area (Å²) in [5, 5.41) is 12.2. The molecule has 2 amide bonds. The molecule has 1 saturated carbocycles. The maximum Gasteiger partial charge on any atom is 0.337 e. The van der Waals surface area contributed by atoms with Crippen LogP contribution < -0.4 is 5.32 Å². The molecule has 8 nitrogen and oxygen atoms in total. The van der Waals surface area contributed by atoms with Crippen molar-refractivity contribution in [2.24, 2.45) is 0 Å². The van der Waals surface area contributed by atoms with E-state index in [0.29, 0.717) is 23.8 Å². The molecular weight excluding hydrogens is 350 g/mol. The van der Waals surface area contributed by atoms with E-state index in [-0.39, 0.29) is 42.8 Å². The fraction of sp³-hybridized carbons (Fsp3) is 0.421. The SMILES string of the molecule is COC(=O)C1=C(Nc2cccc3c2CN(C2CC2)C3=O)C(=O)N(CCO)C1. The third-order valence-electron chi connectivity index (χ3n) is 5.20. The minimum absolute atomic E-state index is 0.0120. The molecule has 0 saturated heterocycles. The zero-order valence-corrected chi connectivity index (χ0v) is 15.0. The molecule has 0 spiro atoms. The Bertz CT molecular complexity index is 859. The molecule has 3 aliphatic rings. The third-order valence-corrected chi connectivity index (χ3v) is 5.20. The Balaban J connectivity index is 1.66. The Morgan fingerprint density at radius 1 is 1.26 bits per heavy atom. The molecule has 142 valence electrons. The second-order valence-electron chi connectivity index (χ2n) is 6.92. The van der Waals surface area contributed by atoms with Crippen LogP contribution in [-0.2, 0) is 20.9 Å². The van der Waals surface area contributed by atoms with Gasteiger partial charge in [0.25, 0.3) is 11.8 Å². The number of methoxy groups -OCH3 is 1. The number of rotatable bonds is 6. The smallest absolute Gasteiger partial charge is 0.337 e. The Morgan fingerprint density at radius 2 is 2.04 bits per heavy atom. The van der Waals surface area contributed by atoms with Crippen LogP contribution in [0.5, 0.6) is 0 Å². The van der Waals surface area contributed by atoms with E-state index < -0.39 is 5.97 Å². The van der Waals surface area contributed by atoms with Crippen LogP contribution in [0.15, 0.2) is 29.5 Å². The monoisotopic (exact) mass is 371 g/mol. The van der Waals surface area contributed by atoms with Crippen molar-refractivity contribution in [3.8, 4) is 0 Å². The first kappa shape index (κ1) is 17.5. The molecule has 1 aromatic rings. The lowest BCUT2D eigenvalue weighted by molar-refractivity contribution is -0.136. The van der Waals surface area contributed by atoms with Crippen molar-refractivity contribution in [2.75, 3.05) is 32.1 Å². The summed E-state index contributed by atoms with van der Waals surface area (Å²) in [6.07, 6.45) is 2.05. The van der Waals surface area contributed by atoms with Gasteiger partial charge in [-0.05, 0) is 25.0 Å². The van der Waals surface area contributed by atoms with Gasteiger partial charge in [0.1, 0.15) is 5.70 Å². The maximum absolute atomic E-state index is 12.7. The number of benzene rings is 1. The zero-order chi connectivity index (χ0) is 19.1. The van der Waals surface area contributed by atoms with Crippen molar-refractivity contribution in [1.29, 1.82) is 0 Å². The normalized spacial score (nSPS) is 19.0. The topological polar surface area (TPSA) is 99.2 Å². The molecule has 0 aromatic heterocycles. The summed E-state index contributed by atoms with van der Waals surface area (Å²) in [6.45, 7) is 0.512. The number of aliphatic hydroxyl groups is 1. The van der Waals surface area contributed by atoms with Crippen LogP contribution in [0.1, 0.15) is 28.8 Å². The minimum Gasteiger partial charge on any atom is -0.466 e. The molecule has 0 bridgehead atoms. The summed E-state index contributed by atoms with van der Waals surface area (Å²) in [4.78, 5) is 40.7. The number of aliphatic hydroxyl groups excluding tert-OH is 1. The Kier molecular flexibility index (Phi) is 4.35. The van der Waals surface area contributed by atoms with E-state index in [9.17, 15) is 14.4 Å². The summed E-state index contributed by atoms with van der Waals surface area (Å²) in [6, 6.07) is 5.65. The fourth-order valence-corrected chi connectivity index (χ4v) is 3.64. The molecule has 8 heteroatoms. The predicted octanol–water partition coefficient (Wildman–Crippen LogP) is 0.478. The molecule has 1 aromatic carbocycles. The molecule has 0 atom stereocenters. The van der Waals surface area contributed by atoms with Gasteiger partial charge in [-0.15, -0.1) is 0 Å². The molecule has 27 heavy (non-hydrogen) atoms. The number of nitrogens with one attached hydrogen (secondary N) is 1. The van der Waals surface area contributed by atoms with Crippen molar-refractivity contribution in [3.05, 3.63) is 40.6 Å². The molecule has 2 aliphatic heterocycles. The first-order valence-electron chi connectivity index (χ1n) is 8.96. The standard InChI is InChI=1S/C19H21N3O5/c1-27-19(26)14-9-21(7-8-23)18(25)16(14)20-15-4-2-3-12-13(15)10-22(17(12)24)11-5-6-11/h2-4,11,20,23H,5-10H2,1H3. The number of ether oxygens (including phenoxy) is 1. The van der Waals surface area contributed by atoms with Crippen LogP contribution in [0, 0.1) is 0 Å². The van der Waals surface area contributed by atoms with Crippen LogP contribution in [-0.4, -0.2) is 65.5 Å². The number of β-amino-alcohol motifs (C(OH)–C–C–N with tert-alkyl or cyclic N) is 1. The van der Waals surface area contributed by atoms with Gasteiger partial charge in [-0.1, -0.05) is 6.07 Å². The Morgan fingerprint density at radius 3 is 2.70 bits per heavy atom. The number of hydrogen-bond acceptors (Lipinski definition) is 6. The molecular formula is C19H21N3O5. The maximum atomic E-state index is 12.7. The second kappa shape index (κ2) is 6.70. The van der Waals surface area contributed by atoms with Gasteiger partial charge in [0.05, 0.1) is 25.8 Å². The van der Waals surface area contributed by atoms with E-state index in [1.165, 1.54) is 12.0 Å². The summed E-state index contributed by atoms with van der Waals surface area (Å²) in [5.74, 6) is -0.946. The number of fused-ring (bicyclic) bond motifs is 1. The third kappa shape index (κ3) is 2.95. The molecule has 4 rings (SSSR count). The van der Waals surface area contributed by atoms with Crippen molar-refractivity contribution < 1.29 is 24.2 Å². The zero-order valence-electron chi connectivity index (χ0n) is 15.0. The van der Waals surface area contributed by atoms with Crippen LogP contribution in [0.4, 0.5) is 5.69 Å². The van der Waals surface area contributed by atoms with E-state index in [1.807, 2.05) is 4.90 Å². The number of hydrogen-bond donors (Lipinski definition) is 2. The van der Waals surface area contributed by atoms with Crippen LogP contribution >= 0.6 is 0 Å². The first-order chi connectivity index (χ1) is 13.0. The highest BCUT2D eigenvalue weighted by Gasteiger charge is 2.40. The Hall–Kier alpha value is -2.87. The van der Waals surface area contributed by atoms with E-state index in [0.717, 1.165) is 18.4 Å². The van der Waals surface area contributed by atoms with Gasteiger partial charge in [0, 0.05) is 35.9 Å². The summed E-state index contributed by atoms with van der Waals surface area (Å²) >= 11 is 0. The highest BCUT2D eigenvalue weighted by Crippen LogP contribution is 2.38. The number of nitrogens with zero attached hydrogens (tertiary/aromatic N) is 2. The second-order valence-corrected chi connectivity index (χ2v) is 6.92. The molecule has 2 heterocycles. The highest BCUT2D eigenvalue weighted by atomic mass is 16.5. The van der Waals surface area contributed by atoms with E-state index >= 15 is 0 Å². The van der Waals surface area contributed by atoms with Gasteiger partial charge >= 0.3 is 5.97 Å². The van der Waals surface area contributed by atoms with Gasteiger partial charge in [0.2, 0.25) is 0 Å². The van der Waals surface area contributed by atoms with Gasteiger partial charge in [0.15, 0.2) is 0 Å². The van der Waals surface area contributed by atoms with Gasteiger partial charge < -0.3 is 25.0 Å². The van der Waals surface area contributed by atoms with E-state index in [1.54, 1.807) is 18.2 Å². The van der Waals surface area contributed by atoms with Gasteiger partial charge in [-0.25, -0.2) is 4.79 Å². The van der Waals surface area contributed by atoms with Crippen LogP contribution in [0.25, 0.3) is 0 Å². The molecule has 0 unspecified atom stereocenters. The fourth-order valence-electron chi connectivity index (χ4n) is 3.64. The molecule has 2 N–H and O–H groups in total. The van der Waals surface area contributed by atoms with E-state index in [2.05, 4.69) is 5.32 Å². The predicted molar refractivity (Wildman–Crippen MR) is 95.7 cm³/mol. The number of carbonyl (C=O) groups is 3. The van der Waals surface area contributed by atoms with Crippen molar-refractivity contribution >= 4 is 23.5 Å². The van der Waals surface area contributed by atoms with Gasteiger partial charge in [-0.3, -0.25) is 9.59 Å². The highest BCUT2D eigenvalue weighted by molar-refractivity contribution is 6.09. The average Bonchev–Trinajstić information content (AvgIpc) is 3.40. The van der Waals surface area contributed by atoms with Crippen molar-refractivity contribution in [3.63, 3.8) is 0 Å². The molecule has 0 radical (unpaired) electrons. The first-order valence-corrected chi connectivity index (χ1v) is 8.96. The average molecular weight is 371 g/mol. The van der Waals surface area contributed by atoms with E-state index in [4.69, 9.17) is 9.84 Å². The lowest BCUT2D eigenvalue weighted by atomic mass is 10.1. The number of anilines is 1. The number of esters is 1. The summed E-state index contributed by atoms with van der Waals surface area (Å²) in [5.41, 5.74) is 2.46. The van der Waals surface area contributed by atoms with Gasteiger partial charge in [-0.2, -0.15) is 0 Å². The van der Waals surface area contributed by atoms with Crippen LogP contribution in [0.3, 0.4) is 0 Å². The molecule has 1 fully saturated rings. The molecule has 1 aliphatic carbocycles. The van der Waals surface area contributed by atoms with Crippen molar-refractivity contribution in [2.45, 2.75) is 25.4 Å². The summed E-state index contributed by atoms with van der Waals surface area (Å²) < 4.78 is 4.80. The number of amides is 2. The summed E-state index contributed by atoms with van der Waals surface area (Å²) in [7, 11) is 1.26. The largest absolute Gasteiger partial charge is 0.466 e. The quantitative estimate of drug-likeness (QED) is 0.706. The minimum atomic E-state index is -0.588. The van der Waals surface area contributed by atoms with Crippen LogP contribution in [0.2, 0.25) is 0 Å². The Labute approximate surface area is 156 Å². The lowest BCUT2D eigenvalue weighted by Crippen LogP contribution is -2.31. The lowest BCUT2D eigenvalue weighted by Gasteiger charge is -2.16. The number of carbonyl (C=O) groups excluding carboxylic acids is 3.